The van der Waals surface area contributed by atoms with Crippen molar-refractivity contribution in [1.29, 1.82) is 0 Å². The van der Waals surface area contributed by atoms with E-state index in [0.29, 0.717) is 29.6 Å². The molecule has 1 aliphatic heterocycles. The molecule has 1 atom stereocenters. The SMILES string of the molecule is Cc1noc(C(C)C)c1C(=O)NCC(C)N1CCCCC1. The van der Waals surface area contributed by atoms with Gasteiger partial charge >= 0.3 is 0 Å². The minimum absolute atomic E-state index is 0.0682. The number of aryl methyl sites for hydroxylation is 1. The highest BCUT2D eigenvalue weighted by Crippen LogP contribution is 2.22. The Morgan fingerprint density at radius 3 is 2.57 bits per heavy atom. The van der Waals surface area contributed by atoms with Gasteiger partial charge in [0.05, 0.1) is 5.69 Å². The molecule has 1 fully saturated rings. The van der Waals surface area contributed by atoms with Crippen molar-refractivity contribution in [1.82, 2.24) is 15.4 Å². The summed E-state index contributed by atoms with van der Waals surface area (Å²) in [6.07, 6.45) is 3.86. The van der Waals surface area contributed by atoms with E-state index in [-0.39, 0.29) is 11.8 Å². The molecule has 0 bridgehead atoms. The van der Waals surface area contributed by atoms with Crippen LogP contribution in [0.1, 0.15) is 67.8 Å². The van der Waals surface area contributed by atoms with E-state index >= 15 is 0 Å². The van der Waals surface area contributed by atoms with E-state index in [2.05, 4.69) is 22.3 Å². The summed E-state index contributed by atoms with van der Waals surface area (Å²) in [5, 5.41) is 6.97. The molecule has 1 aliphatic rings. The molecule has 2 rings (SSSR count). The van der Waals surface area contributed by atoms with Gasteiger partial charge in [0.15, 0.2) is 5.76 Å². The summed E-state index contributed by atoms with van der Waals surface area (Å²) in [6, 6.07) is 0.372. The van der Waals surface area contributed by atoms with Gasteiger partial charge in [-0.25, -0.2) is 0 Å². The van der Waals surface area contributed by atoms with Crippen LogP contribution in [0.15, 0.2) is 4.52 Å². The van der Waals surface area contributed by atoms with E-state index in [0.717, 1.165) is 13.1 Å². The Morgan fingerprint density at radius 1 is 1.29 bits per heavy atom. The van der Waals surface area contributed by atoms with Crippen LogP contribution in [0, 0.1) is 6.92 Å². The number of nitrogens with one attached hydrogen (secondary N) is 1. The number of hydrogen-bond acceptors (Lipinski definition) is 4. The van der Waals surface area contributed by atoms with Crippen molar-refractivity contribution in [3.05, 3.63) is 17.0 Å². The number of aromatic nitrogens is 1. The molecule has 1 amide bonds. The highest BCUT2D eigenvalue weighted by molar-refractivity contribution is 5.96. The molecule has 1 unspecified atom stereocenters. The Bertz CT molecular complexity index is 476. The summed E-state index contributed by atoms with van der Waals surface area (Å²) in [5.74, 6) is 0.767. The van der Waals surface area contributed by atoms with Gasteiger partial charge in [0.2, 0.25) is 0 Å². The van der Waals surface area contributed by atoms with Gasteiger partial charge in [-0.05, 0) is 39.8 Å². The average Bonchev–Trinajstić information content (AvgIpc) is 2.87. The number of hydrogen-bond donors (Lipinski definition) is 1. The predicted molar refractivity (Wildman–Crippen MR) is 82.5 cm³/mol. The van der Waals surface area contributed by atoms with Crippen molar-refractivity contribution in [2.45, 2.75) is 58.9 Å². The fourth-order valence-electron chi connectivity index (χ4n) is 2.87. The lowest BCUT2D eigenvalue weighted by Crippen LogP contribution is -2.44. The van der Waals surface area contributed by atoms with Gasteiger partial charge in [-0.15, -0.1) is 0 Å². The number of piperidine rings is 1. The number of carbonyl (C=O) groups excluding carboxylic acids is 1. The molecule has 2 heterocycles. The average molecular weight is 293 g/mol. The van der Waals surface area contributed by atoms with Gasteiger partial charge in [-0.1, -0.05) is 25.4 Å². The van der Waals surface area contributed by atoms with Crippen molar-refractivity contribution in [2.24, 2.45) is 0 Å². The lowest BCUT2D eigenvalue weighted by molar-refractivity contribution is 0.0927. The van der Waals surface area contributed by atoms with Crippen LogP contribution in [0.3, 0.4) is 0 Å². The standard InChI is InChI=1S/C16H27N3O2/c1-11(2)15-14(13(4)18-21-15)16(20)17-10-12(3)19-8-6-5-7-9-19/h11-12H,5-10H2,1-4H3,(H,17,20). The second-order valence-electron chi connectivity index (χ2n) is 6.32. The molecular formula is C16H27N3O2. The van der Waals surface area contributed by atoms with E-state index in [9.17, 15) is 4.79 Å². The summed E-state index contributed by atoms with van der Waals surface area (Å²) in [6.45, 7) is 11.0. The van der Waals surface area contributed by atoms with Crippen LogP contribution in [-0.2, 0) is 0 Å². The van der Waals surface area contributed by atoms with Gasteiger partial charge in [-0.3, -0.25) is 9.69 Å². The van der Waals surface area contributed by atoms with Crippen molar-refractivity contribution < 1.29 is 9.32 Å². The van der Waals surface area contributed by atoms with Crippen molar-refractivity contribution >= 4 is 5.91 Å². The van der Waals surface area contributed by atoms with Gasteiger partial charge in [-0.2, -0.15) is 0 Å². The first kappa shape index (κ1) is 16.0. The van der Waals surface area contributed by atoms with Crippen LogP contribution >= 0.6 is 0 Å². The van der Waals surface area contributed by atoms with Crippen molar-refractivity contribution in [3.8, 4) is 0 Å². The van der Waals surface area contributed by atoms with Gasteiger partial charge in [0.25, 0.3) is 5.91 Å². The number of likely N-dealkylation sites (tertiary alicyclic amines) is 1. The first-order valence-electron chi connectivity index (χ1n) is 7.99. The summed E-state index contributed by atoms with van der Waals surface area (Å²) < 4.78 is 5.28. The van der Waals surface area contributed by atoms with Crippen LogP contribution in [-0.4, -0.2) is 41.6 Å². The molecule has 5 nitrogen and oxygen atoms in total. The Morgan fingerprint density at radius 2 is 1.95 bits per heavy atom. The Labute approximate surface area is 127 Å². The highest BCUT2D eigenvalue weighted by Gasteiger charge is 2.23. The quantitative estimate of drug-likeness (QED) is 0.907. The molecule has 0 radical (unpaired) electrons. The summed E-state index contributed by atoms with van der Waals surface area (Å²) in [4.78, 5) is 14.9. The molecule has 1 saturated heterocycles. The minimum atomic E-state index is -0.0682. The fourth-order valence-corrected chi connectivity index (χ4v) is 2.87. The molecule has 21 heavy (non-hydrogen) atoms. The maximum atomic E-state index is 12.4. The predicted octanol–water partition coefficient (Wildman–Crippen LogP) is 2.71. The normalized spacial score (nSPS) is 18.0. The highest BCUT2D eigenvalue weighted by atomic mass is 16.5. The maximum absolute atomic E-state index is 12.4. The third-order valence-electron chi connectivity index (χ3n) is 4.21. The van der Waals surface area contributed by atoms with Crippen molar-refractivity contribution in [2.75, 3.05) is 19.6 Å². The van der Waals surface area contributed by atoms with Gasteiger partial charge in [0.1, 0.15) is 5.56 Å². The Kier molecular flexibility index (Phi) is 5.39. The van der Waals surface area contributed by atoms with Crippen LogP contribution < -0.4 is 5.32 Å². The second-order valence-corrected chi connectivity index (χ2v) is 6.32. The number of nitrogens with zero attached hydrogens (tertiary/aromatic N) is 2. The Balaban J connectivity index is 1.94. The number of amides is 1. The van der Waals surface area contributed by atoms with E-state index in [1.165, 1.54) is 19.3 Å². The molecule has 0 saturated carbocycles. The van der Waals surface area contributed by atoms with Crippen LogP contribution in [0.4, 0.5) is 0 Å². The molecule has 0 aromatic carbocycles. The third kappa shape index (κ3) is 3.84. The van der Waals surface area contributed by atoms with E-state index in [1.54, 1.807) is 0 Å². The molecule has 1 aromatic rings. The lowest BCUT2D eigenvalue weighted by atomic mass is 10.0. The van der Waals surface area contributed by atoms with Gasteiger partial charge < -0.3 is 9.84 Å². The number of carbonyl (C=O) groups is 1. The first-order chi connectivity index (χ1) is 10.0. The molecule has 118 valence electrons. The maximum Gasteiger partial charge on any atom is 0.256 e. The monoisotopic (exact) mass is 293 g/mol. The molecule has 0 aliphatic carbocycles. The Hall–Kier alpha value is -1.36. The van der Waals surface area contributed by atoms with Crippen LogP contribution in [0.5, 0.6) is 0 Å². The van der Waals surface area contributed by atoms with Crippen molar-refractivity contribution in [3.63, 3.8) is 0 Å². The summed E-state index contributed by atoms with van der Waals surface area (Å²) in [5.41, 5.74) is 1.28. The van der Waals surface area contributed by atoms with Crippen LogP contribution in [0.25, 0.3) is 0 Å². The molecular weight excluding hydrogens is 266 g/mol. The molecule has 5 heteroatoms. The third-order valence-corrected chi connectivity index (χ3v) is 4.21. The first-order valence-corrected chi connectivity index (χ1v) is 7.99. The lowest BCUT2D eigenvalue weighted by Gasteiger charge is -2.32. The minimum Gasteiger partial charge on any atom is -0.360 e. The van der Waals surface area contributed by atoms with E-state index in [4.69, 9.17) is 4.52 Å². The zero-order chi connectivity index (χ0) is 15.4. The summed E-state index contributed by atoms with van der Waals surface area (Å²) >= 11 is 0. The fraction of sp³-hybridized carbons (Fsp3) is 0.750. The zero-order valence-electron chi connectivity index (χ0n) is 13.6. The zero-order valence-corrected chi connectivity index (χ0v) is 13.6. The van der Waals surface area contributed by atoms with E-state index < -0.39 is 0 Å². The smallest absolute Gasteiger partial charge is 0.256 e. The topological polar surface area (TPSA) is 58.4 Å². The van der Waals surface area contributed by atoms with Gasteiger partial charge in [0, 0.05) is 18.5 Å². The summed E-state index contributed by atoms with van der Waals surface area (Å²) in [7, 11) is 0. The second kappa shape index (κ2) is 7.07. The number of rotatable bonds is 5. The molecule has 1 N–H and O–H groups in total. The van der Waals surface area contributed by atoms with E-state index in [1.807, 2.05) is 20.8 Å². The molecule has 0 spiro atoms. The van der Waals surface area contributed by atoms with Crippen LogP contribution in [0.2, 0.25) is 0 Å². The molecule has 1 aromatic heterocycles. The largest absolute Gasteiger partial charge is 0.360 e.